The van der Waals surface area contributed by atoms with Gasteiger partial charge in [-0.1, -0.05) is 48.3 Å². The number of ether oxygens (including phenoxy) is 2. The molecule has 0 saturated heterocycles. The van der Waals surface area contributed by atoms with Gasteiger partial charge in [0.25, 0.3) is 0 Å². The zero-order chi connectivity index (χ0) is 22.6. The van der Waals surface area contributed by atoms with E-state index in [4.69, 9.17) is 9.47 Å². The molecule has 0 atom stereocenters. The molecule has 1 aliphatic rings. The van der Waals surface area contributed by atoms with Gasteiger partial charge < -0.3 is 14.8 Å². The van der Waals surface area contributed by atoms with Crippen molar-refractivity contribution in [3.05, 3.63) is 29.8 Å². The summed E-state index contributed by atoms with van der Waals surface area (Å²) in [6.07, 6.45) is 3.21. The maximum absolute atomic E-state index is 13.3. The largest absolute Gasteiger partial charge is 0.369 e. The Morgan fingerprint density at radius 3 is 2.26 bits per heavy atom. The zero-order valence-electron chi connectivity index (χ0n) is 17.8. The molecule has 8 nitrogen and oxygen atoms in total. The molecule has 31 heavy (non-hydrogen) atoms. The standard InChI is InChI=1S/C20H28N2O6S3/c1-14-9-11-16(12-10-14)30(23,24)19-18(21-13-17(27-2)28-3)29-20(22-19)31(25,26)15-7-5-4-6-8-15/h9-12,15,17,21H,4-8,13H2,1-3H3. The number of aromatic nitrogens is 1. The Kier molecular flexibility index (Phi) is 7.74. The summed E-state index contributed by atoms with van der Waals surface area (Å²) in [6.45, 7) is 1.99. The molecule has 1 fully saturated rings. The van der Waals surface area contributed by atoms with Crippen molar-refractivity contribution >= 4 is 36.0 Å². The molecule has 1 N–H and O–H groups in total. The number of hydrogen-bond donors (Lipinski definition) is 1. The van der Waals surface area contributed by atoms with Crippen LogP contribution in [0.4, 0.5) is 5.00 Å². The number of methoxy groups -OCH3 is 2. The highest BCUT2D eigenvalue weighted by Crippen LogP contribution is 2.38. The third-order valence-corrected chi connectivity index (χ3v) is 10.9. The first-order valence-electron chi connectivity index (χ1n) is 10.1. The van der Waals surface area contributed by atoms with E-state index < -0.39 is 31.2 Å². The molecule has 11 heteroatoms. The number of benzene rings is 1. The summed E-state index contributed by atoms with van der Waals surface area (Å²) in [7, 11) is -4.82. The molecule has 2 aromatic rings. The molecule has 1 aromatic heterocycles. The second-order valence-corrected chi connectivity index (χ2v) is 12.8. The molecule has 0 aliphatic heterocycles. The van der Waals surface area contributed by atoms with Crippen LogP contribution in [0, 0.1) is 6.92 Å². The molecular weight excluding hydrogens is 460 g/mol. The first kappa shape index (κ1) is 24.1. The molecular formula is C20H28N2O6S3. The third-order valence-electron chi connectivity index (χ3n) is 5.35. The average molecular weight is 489 g/mol. The quantitative estimate of drug-likeness (QED) is 0.535. The second-order valence-electron chi connectivity index (χ2n) is 7.52. The van der Waals surface area contributed by atoms with Crippen LogP contribution in [0.1, 0.15) is 37.7 Å². The molecule has 1 aliphatic carbocycles. The predicted octanol–water partition coefficient (Wildman–Crippen LogP) is 3.42. The van der Waals surface area contributed by atoms with Crippen LogP contribution >= 0.6 is 11.3 Å². The number of sulfone groups is 2. The van der Waals surface area contributed by atoms with Crippen LogP contribution in [0.25, 0.3) is 0 Å². The van der Waals surface area contributed by atoms with E-state index in [0.717, 1.165) is 36.2 Å². The number of aryl methyl sites for hydroxylation is 1. The highest BCUT2D eigenvalue weighted by molar-refractivity contribution is 7.94. The lowest BCUT2D eigenvalue weighted by Gasteiger charge is -2.20. The fourth-order valence-corrected chi connectivity index (χ4v) is 8.48. The van der Waals surface area contributed by atoms with Crippen molar-refractivity contribution in [3.8, 4) is 0 Å². The van der Waals surface area contributed by atoms with Gasteiger partial charge in [-0.05, 0) is 31.9 Å². The highest BCUT2D eigenvalue weighted by atomic mass is 32.2. The van der Waals surface area contributed by atoms with Gasteiger partial charge in [-0.25, -0.2) is 21.8 Å². The fraction of sp³-hybridized carbons (Fsp3) is 0.550. The van der Waals surface area contributed by atoms with Crippen molar-refractivity contribution in [2.75, 3.05) is 26.1 Å². The summed E-state index contributed by atoms with van der Waals surface area (Å²) in [5.74, 6) is 0. The van der Waals surface area contributed by atoms with Gasteiger partial charge in [-0.3, -0.25) is 0 Å². The van der Waals surface area contributed by atoms with Crippen LogP contribution in [0.3, 0.4) is 0 Å². The van der Waals surface area contributed by atoms with Crippen LogP contribution in [-0.2, 0) is 29.1 Å². The summed E-state index contributed by atoms with van der Waals surface area (Å²) < 4.78 is 63.1. The van der Waals surface area contributed by atoms with Gasteiger partial charge in [0.2, 0.25) is 24.0 Å². The van der Waals surface area contributed by atoms with Crippen LogP contribution < -0.4 is 5.32 Å². The van der Waals surface area contributed by atoms with Crippen molar-refractivity contribution in [2.45, 2.75) is 64.8 Å². The number of nitrogens with zero attached hydrogens (tertiary/aromatic N) is 1. The van der Waals surface area contributed by atoms with Gasteiger partial charge in [0.05, 0.1) is 16.7 Å². The monoisotopic (exact) mass is 488 g/mol. The lowest BCUT2D eigenvalue weighted by atomic mass is 10.0. The third kappa shape index (κ3) is 5.28. The van der Waals surface area contributed by atoms with Crippen LogP contribution in [0.2, 0.25) is 0 Å². The Hall–Kier alpha value is -1.53. The molecule has 1 aromatic carbocycles. The molecule has 1 saturated carbocycles. The van der Waals surface area contributed by atoms with Crippen LogP contribution in [-0.4, -0.2) is 54.1 Å². The second kappa shape index (κ2) is 9.95. The number of hydrogen-bond acceptors (Lipinski definition) is 9. The average Bonchev–Trinajstić information content (AvgIpc) is 3.21. The molecule has 1 heterocycles. The van der Waals surface area contributed by atoms with Gasteiger partial charge in [0, 0.05) is 14.2 Å². The Labute approximate surface area is 187 Å². The first-order chi connectivity index (χ1) is 14.7. The van der Waals surface area contributed by atoms with E-state index in [0.29, 0.717) is 12.8 Å². The van der Waals surface area contributed by atoms with E-state index in [9.17, 15) is 16.8 Å². The molecule has 0 unspecified atom stereocenters. The molecule has 172 valence electrons. The fourth-order valence-electron chi connectivity index (χ4n) is 3.49. The van der Waals surface area contributed by atoms with Crippen molar-refractivity contribution in [1.82, 2.24) is 4.98 Å². The lowest BCUT2D eigenvalue weighted by Crippen LogP contribution is -2.24. The van der Waals surface area contributed by atoms with Gasteiger partial charge in [0.1, 0.15) is 5.00 Å². The van der Waals surface area contributed by atoms with Crippen molar-refractivity contribution in [2.24, 2.45) is 0 Å². The minimum absolute atomic E-state index is 0.0584. The van der Waals surface area contributed by atoms with E-state index in [1.807, 2.05) is 6.92 Å². The van der Waals surface area contributed by atoms with E-state index >= 15 is 0 Å². The van der Waals surface area contributed by atoms with Crippen molar-refractivity contribution in [1.29, 1.82) is 0 Å². The van der Waals surface area contributed by atoms with Crippen LogP contribution in [0.15, 0.2) is 38.5 Å². The maximum atomic E-state index is 13.3. The van der Waals surface area contributed by atoms with E-state index in [1.165, 1.54) is 26.4 Å². The summed E-state index contributed by atoms with van der Waals surface area (Å²) in [6, 6.07) is 6.38. The van der Waals surface area contributed by atoms with E-state index in [2.05, 4.69) is 10.3 Å². The summed E-state index contributed by atoms with van der Waals surface area (Å²) in [5, 5.41) is 2.30. The van der Waals surface area contributed by atoms with Crippen molar-refractivity contribution < 1.29 is 26.3 Å². The smallest absolute Gasteiger partial charge is 0.226 e. The number of nitrogens with one attached hydrogen (secondary N) is 1. The van der Waals surface area contributed by atoms with Crippen molar-refractivity contribution in [3.63, 3.8) is 0 Å². The minimum atomic E-state index is -4.03. The minimum Gasteiger partial charge on any atom is -0.369 e. The highest BCUT2D eigenvalue weighted by Gasteiger charge is 2.35. The lowest BCUT2D eigenvalue weighted by molar-refractivity contribution is -0.0913. The summed E-state index contributed by atoms with van der Waals surface area (Å²) >= 11 is 0.847. The van der Waals surface area contributed by atoms with Gasteiger partial charge in [0.15, 0.2) is 11.3 Å². The number of anilines is 1. The number of rotatable bonds is 9. The van der Waals surface area contributed by atoms with E-state index in [1.54, 1.807) is 12.1 Å². The Morgan fingerprint density at radius 2 is 1.68 bits per heavy atom. The summed E-state index contributed by atoms with van der Waals surface area (Å²) in [4.78, 5) is 4.21. The Balaban J connectivity index is 2.04. The van der Waals surface area contributed by atoms with Gasteiger partial charge in [-0.15, -0.1) is 0 Å². The van der Waals surface area contributed by atoms with Crippen LogP contribution in [0.5, 0.6) is 0 Å². The first-order valence-corrected chi connectivity index (χ1v) is 13.9. The Morgan fingerprint density at radius 1 is 1.06 bits per heavy atom. The molecule has 3 rings (SSSR count). The normalized spacial score (nSPS) is 16.0. The Bertz CT molecular complexity index is 1080. The number of thiazole rings is 1. The maximum Gasteiger partial charge on any atom is 0.226 e. The molecule has 0 radical (unpaired) electrons. The zero-order valence-corrected chi connectivity index (χ0v) is 20.3. The van der Waals surface area contributed by atoms with Gasteiger partial charge in [-0.2, -0.15) is 0 Å². The SMILES string of the molecule is COC(CNc1sc(S(=O)(=O)C2CCCCC2)nc1S(=O)(=O)c1ccc(C)cc1)OC. The van der Waals surface area contributed by atoms with E-state index in [-0.39, 0.29) is 25.8 Å². The molecule has 0 spiro atoms. The molecule has 0 amide bonds. The molecule has 0 bridgehead atoms. The van der Waals surface area contributed by atoms with Gasteiger partial charge >= 0.3 is 0 Å². The predicted molar refractivity (Wildman–Crippen MR) is 119 cm³/mol. The topological polar surface area (TPSA) is 112 Å². The summed E-state index contributed by atoms with van der Waals surface area (Å²) in [5.41, 5.74) is 0.916.